The molecule has 2 rings (SSSR count). The van der Waals surface area contributed by atoms with Crippen molar-refractivity contribution in [2.24, 2.45) is 5.92 Å². The standard InChI is InChI=1S/C15H24N2O3S/c1-2-17-21(19,20)15-8-6-13(7-9-15)16-11-12-4-3-5-14(18)10-12/h6-9,12,14,16-18H,2-5,10-11H2,1H3. The van der Waals surface area contributed by atoms with Crippen LogP contribution in [0.5, 0.6) is 0 Å². The SMILES string of the molecule is CCNS(=O)(=O)c1ccc(NCC2CCCC(O)C2)cc1. The highest BCUT2D eigenvalue weighted by molar-refractivity contribution is 7.89. The molecule has 3 N–H and O–H groups in total. The zero-order valence-electron chi connectivity index (χ0n) is 12.4. The quantitative estimate of drug-likeness (QED) is 0.750. The van der Waals surface area contributed by atoms with Gasteiger partial charge in [-0.1, -0.05) is 13.3 Å². The Morgan fingerprint density at radius 3 is 2.57 bits per heavy atom. The molecule has 0 bridgehead atoms. The van der Waals surface area contributed by atoms with Crippen LogP contribution < -0.4 is 10.0 Å². The molecule has 0 aromatic heterocycles. The van der Waals surface area contributed by atoms with Crippen LogP contribution in [0, 0.1) is 5.92 Å². The van der Waals surface area contributed by atoms with Crippen LogP contribution in [-0.2, 0) is 10.0 Å². The van der Waals surface area contributed by atoms with Crippen molar-refractivity contribution in [2.75, 3.05) is 18.4 Å². The molecule has 1 aliphatic carbocycles. The molecule has 2 atom stereocenters. The molecule has 0 radical (unpaired) electrons. The van der Waals surface area contributed by atoms with Crippen molar-refractivity contribution in [3.05, 3.63) is 24.3 Å². The Kier molecular flexibility index (Phi) is 5.61. The van der Waals surface area contributed by atoms with Gasteiger partial charge in [0.25, 0.3) is 0 Å². The molecule has 1 aromatic rings. The Hall–Kier alpha value is -1.11. The summed E-state index contributed by atoms with van der Waals surface area (Å²) < 4.78 is 26.1. The molecule has 0 amide bonds. The zero-order chi connectivity index (χ0) is 15.3. The van der Waals surface area contributed by atoms with E-state index in [1.54, 1.807) is 31.2 Å². The number of benzene rings is 1. The molecule has 0 heterocycles. The lowest BCUT2D eigenvalue weighted by Gasteiger charge is -2.26. The Bertz CT molecular complexity index is 543. The van der Waals surface area contributed by atoms with Gasteiger partial charge in [0.05, 0.1) is 11.0 Å². The molecule has 5 nitrogen and oxygen atoms in total. The number of hydrogen-bond acceptors (Lipinski definition) is 4. The minimum atomic E-state index is -3.38. The molecule has 6 heteroatoms. The highest BCUT2D eigenvalue weighted by atomic mass is 32.2. The van der Waals surface area contributed by atoms with Gasteiger partial charge >= 0.3 is 0 Å². The summed E-state index contributed by atoms with van der Waals surface area (Å²) in [6, 6.07) is 6.78. The molecule has 1 saturated carbocycles. The molecule has 1 aliphatic rings. The molecular weight excluding hydrogens is 288 g/mol. The highest BCUT2D eigenvalue weighted by Crippen LogP contribution is 2.24. The van der Waals surface area contributed by atoms with E-state index in [1.165, 1.54) is 0 Å². The smallest absolute Gasteiger partial charge is 0.240 e. The van der Waals surface area contributed by atoms with Gasteiger partial charge in [0.2, 0.25) is 10.0 Å². The van der Waals surface area contributed by atoms with E-state index in [1.807, 2.05) is 0 Å². The number of hydrogen-bond donors (Lipinski definition) is 3. The van der Waals surface area contributed by atoms with Gasteiger partial charge in [-0.3, -0.25) is 0 Å². The van der Waals surface area contributed by atoms with Gasteiger partial charge in [-0.15, -0.1) is 0 Å². The van der Waals surface area contributed by atoms with Crippen LogP contribution in [0.2, 0.25) is 0 Å². The molecular formula is C15H24N2O3S. The van der Waals surface area contributed by atoms with E-state index in [2.05, 4.69) is 10.0 Å². The molecule has 0 saturated heterocycles. The van der Waals surface area contributed by atoms with Gasteiger partial charge in [-0.2, -0.15) is 0 Å². The summed E-state index contributed by atoms with van der Waals surface area (Å²) in [5, 5.41) is 13.0. The minimum absolute atomic E-state index is 0.168. The predicted octanol–water partition coefficient (Wildman–Crippen LogP) is 1.95. The van der Waals surface area contributed by atoms with Crippen LogP contribution >= 0.6 is 0 Å². The van der Waals surface area contributed by atoms with Crippen molar-refractivity contribution in [1.29, 1.82) is 0 Å². The second-order valence-corrected chi connectivity index (χ2v) is 7.36. The summed E-state index contributed by atoms with van der Waals surface area (Å²) in [6.45, 7) is 2.95. The third-order valence-corrected chi connectivity index (χ3v) is 5.41. The van der Waals surface area contributed by atoms with Crippen LogP contribution in [0.4, 0.5) is 5.69 Å². The highest BCUT2D eigenvalue weighted by Gasteiger charge is 2.19. The first-order chi connectivity index (χ1) is 10.0. The summed E-state index contributed by atoms with van der Waals surface area (Å²) in [4.78, 5) is 0.281. The van der Waals surface area contributed by atoms with E-state index >= 15 is 0 Å². The summed E-state index contributed by atoms with van der Waals surface area (Å²) >= 11 is 0. The summed E-state index contributed by atoms with van der Waals surface area (Å²) in [5.41, 5.74) is 0.908. The lowest BCUT2D eigenvalue weighted by Crippen LogP contribution is -2.25. The Balaban J connectivity index is 1.90. The fourth-order valence-electron chi connectivity index (χ4n) is 2.74. The first-order valence-electron chi connectivity index (χ1n) is 7.53. The molecule has 2 unspecified atom stereocenters. The number of anilines is 1. The zero-order valence-corrected chi connectivity index (χ0v) is 13.2. The van der Waals surface area contributed by atoms with Crippen molar-refractivity contribution < 1.29 is 13.5 Å². The van der Waals surface area contributed by atoms with Gasteiger partial charge in [0.15, 0.2) is 0 Å². The monoisotopic (exact) mass is 312 g/mol. The fraction of sp³-hybridized carbons (Fsp3) is 0.600. The minimum Gasteiger partial charge on any atom is -0.393 e. The maximum atomic E-state index is 11.8. The molecule has 21 heavy (non-hydrogen) atoms. The third-order valence-electron chi connectivity index (χ3n) is 3.85. The Morgan fingerprint density at radius 2 is 1.95 bits per heavy atom. The van der Waals surface area contributed by atoms with Gasteiger partial charge < -0.3 is 10.4 Å². The number of aliphatic hydroxyl groups is 1. The molecule has 118 valence electrons. The van der Waals surface area contributed by atoms with Crippen molar-refractivity contribution in [3.63, 3.8) is 0 Å². The van der Waals surface area contributed by atoms with E-state index in [9.17, 15) is 13.5 Å². The van der Waals surface area contributed by atoms with E-state index < -0.39 is 10.0 Å². The van der Waals surface area contributed by atoms with E-state index in [4.69, 9.17) is 0 Å². The Labute approximate surface area is 126 Å². The lowest BCUT2D eigenvalue weighted by molar-refractivity contribution is 0.105. The van der Waals surface area contributed by atoms with Crippen molar-refractivity contribution in [2.45, 2.75) is 43.6 Å². The van der Waals surface area contributed by atoms with Crippen LogP contribution in [-0.4, -0.2) is 32.7 Å². The molecule has 0 spiro atoms. The Morgan fingerprint density at radius 1 is 1.24 bits per heavy atom. The van der Waals surface area contributed by atoms with Crippen molar-refractivity contribution >= 4 is 15.7 Å². The second kappa shape index (κ2) is 7.24. The largest absolute Gasteiger partial charge is 0.393 e. The first-order valence-corrected chi connectivity index (χ1v) is 9.01. The molecule has 0 aliphatic heterocycles. The number of nitrogens with one attached hydrogen (secondary N) is 2. The van der Waals surface area contributed by atoms with Crippen LogP contribution in [0.3, 0.4) is 0 Å². The summed E-state index contributed by atoms with van der Waals surface area (Å²) in [7, 11) is -3.38. The van der Waals surface area contributed by atoms with Gasteiger partial charge in [-0.05, 0) is 49.4 Å². The lowest BCUT2D eigenvalue weighted by atomic mass is 9.87. The van der Waals surface area contributed by atoms with Gasteiger partial charge in [-0.25, -0.2) is 13.1 Å². The fourth-order valence-corrected chi connectivity index (χ4v) is 3.78. The molecule has 1 aromatic carbocycles. The van der Waals surface area contributed by atoms with Crippen LogP contribution in [0.15, 0.2) is 29.2 Å². The van der Waals surface area contributed by atoms with Crippen molar-refractivity contribution in [1.82, 2.24) is 4.72 Å². The van der Waals surface area contributed by atoms with E-state index in [0.717, 1.165) is 37.9 Å². The number of sulfonamides is 1. The van der Waals surface area contributed by atoms with E-state index in [0.29, 0.717) is 12.5 Å². The molecule has 1 fully saturated rings. The van der Waals surface area contributed by atoms with Gasteiger partial charge in [0.1, 0.15) is 0 Å². The van der Waals surface area contributed by atoms with E-state index in [-0.39, 0.29) is 11.0 Å². The van der Waals surface area contributed by atoms with Gasteiger partial charge in [0, 0.05) is 18.8 Å². The van der Waals surface area contributed by atoms with Crippen molar-refractivity contribution in [3.8, 4) is 0 Å². The normalized spacial score (nSPS) is 23.0. The third kappa shape index (κ3) is 4.69. The number of aliphatic hydroxyl groups excluding tert-OH is 1. The summed E-state index contributed by atoms with van der Waals surface area (Å²) in [6.07, 6.45) is 3.80. The summed E-state index contributed by atoms with van der Waals surface area (Å²) in [5.74, 6) is 0.485. The maximum absolute atomic E-state index is 11.8. The number of rotatable bonds is 6. The van der Waals surface area contributed by atoms with Crippen LogP contribution in [0.25, 0.3) is 0 Å². The maximum Gasteiger partial charge on any atom is 0.240 e. The topological polar surface area (TPSA) is 78.4 Å². The second-order valence-electron chi connectivity index (χ2n) is 5.59. The van der Waals surface area contributed by atoms with Crippen LogP contribution in [0.1, 0.15) is 32.6 Å². The average Bonchev–Trinajstić information content (AvgIpc) is 2.46. The first kappa shape index (κ1) is 16.3. The predicted molar refractivity (Wildman–Crippen MR) is 83.8 cm³/mol. The average molecular weight is 312 g/mol.